The third kappa shape index (κ3) is 3.05. The molecule has 0 aliphatic carbocycles. The van der Waals surface area contributed by atoms with Crippen LogP contribution in [-0.4, -0.2) is 15.4 Å². The highest BCUT2D eigenvalue weighted by molar-refractivity contribution is 7.18. The van der Waals surface area contributed by atoms with Gasteiger partial charge in [-0.05, 0) is 25.1 Å². The first-order valence-electron chi connectivity index (χ1n) is 6.61. The lowest BCUT2D eigenvalue weighted by Crippen LogP contribution is -2.15. The van der Waals surface area contributed by atoms with Crippen molar-refractivity contribution < 1.29 is 9.72 Å². The summed E-state index contributed by atoms with van der Waals surface area (Å²) >= 11 is 8.26. The number of thiophene rings is 1. The van der Waals surface area contributed by atoms with Gasteiger partial charge in [0.1, 0.15) is 0 Å². The number of aromatic nitrogens is 1. The van der Waals surface area contributed by atoms with Crippen LogP contribution in [0.15, 0.2) is 35.3 Å². The molecule has 3 aromatic rings. The van der Waals surface area contributed by atoms with E-state index in [0.29, 0.717) is 20.6 Å². The minimum atomic E-state index is -0.439. The van der Waals surface area contributed by atoms with E-state index in [1.165, 1.54) is 34.8 Å². The molecule has 0 bridgehead atoms. The van der Waals surface area contributed by atoms with E-state index in [9.17, 15) is 14.9 Å². The lowest BCUT2D eigenvalue weighted by atomic mass is 10.3. The van der Waals surface area contributed by atoms with E-state index < -0.39 is 4.92 Å². The van der Waals surface area contributed by atoms with Gasteiger partial charge in [-0.2, -0.15) is 4.99 Å². The number of thiazole rings is 1. The van der Waals surface area contributed by atoms with Crippen molar-refractivity contribution in [3.63, 3.8) is 0 Å². The van der Waals surface area contributed by atoms with Gasteiger partial charge in [0.15, 0.2) is 4.80 Å². The van der Waals surface area contributed by atoms with Crippen LogP contribution in [0.25, 0.3) is 10.2 Å². The Morgan fingerprint density at radius 2 is 2.13 bits per heavy atom. The zero-order valence-electron chi connectivity index (χ0n) is 11.9. The van der Waals surface area contributed by atoms with Crippen LogP contribution in [0.1, 0.15) is 16.6 Å². The maximum Gasteiger partial charge on any atom is 0.289 e. The Morgan fingerprint density at radius 3 is 2.74 bits per heavy atom. The summed E-state index contributed by atoms with van der Waals surface area (Å²) in [5.41, 5.74) is 0.837. The first-order chi connectivity index (χ1) is 11.0. The van der Waals surface area contributed by atoms with Gasteiger partial charge in [-0.3, -0.25) is 14.9 Å². The molecule has 0 N–H and O–H groups in total. The highest BCUT2D eigenvalue weighted by atomic mass is 35.5. The largest absolute Gasteiger partial charge is 0.317 e. The molecule has 0 saturated carbocycles. The second-order valence-corrected chi connectivity index (χ2v) is 7.28. The summed E-state index contributed by atoms with van der Waals surface area (Å²) < 4.78 is 3.10. The Morgan fingerprint density at radius 1 is 1.35 bits per heavy atom. The fourth-order valence-electron chi connectivity index (χ4n) is 2.14. The molecule has 1 aromatic carbocycles. The fraction of sp³-hybridized carbons (Fsp3) is 0.143. The van der Waals surface area contributed by atoms with E-state index in [1.807, 2.05) is 11.5 Å². The summed E-state index contributed by atoms with van der Waals surface area (Å²) in [4.78, 5) is 27.8. The summed E-state index contributed by atoms with van der Waals surface area (Å²) in [6.07, 6.45) is 0. The summed E-state index contributed by atoms with van der Waals surface area (Å²) in [5, 5.41) is 10.9. The monoisotopic (exact) mass is 367 g/mol. The standard InChI is InChI=1S/C14H10ClN3O3S2/c1-2-17-9-4-3-8(18(20)21)7-11(9)23-14(17)16-13(19)10-5-6-12(15)22-10/h3-7H,2H2,1H3. The average molecular weight is 368 g/mol. The number of amides is 1. The maximum absolute atomic E-state index is 12.2. The number of halogens is 1. The van der Waals surface area contributed by atoms with Gasteiger partial charge < -0.3 is 4.57 Å². The smallest absolute Gasteiger partial charge is 0.289 e. The van der Waals surface area contributed by atoms with Crippen molar-refractivity contribution in [2.45, 2.75) is 13.5 Å². The van der Waals surface area contributed by atoms with Gasteiger partial charge in [0.05, 0.1) is 24.4 Å². The number of carbonyl (C=O) groups excluding carboxylic acids is 1. The lowest BCUT2D eigenvalue weighted by Gasteiger charge is -1.99. The van der Waals surface area contributed by atoms with Gasteiger partial charge >= 0.3 is 0 Å². The second-order valence-electron chi connectivity index (χ2n) is 4.56. The SMILES string of the molecule is CCn1c(=NC(=O)c2ccc(Cl)s2)sc2cc([N+](=O)[O-])ccc21. The highest BCUT2D eigenvalue weighted by Crippen LogP contribution is 2.24. The minimum Gasteiger partial charge on any atom is -0.317 e. The van der Waals surface area contributed by atoms with Crippen LogP contribution in [0.3, 0.4) is 0 Å². The van der Waals surface area contributed by atoms with Crippen LogP contribution in [-0.2, 0) is 6.54 Å². The van der Waals surface area contributed by atoms with Crippen molar-refractivity contribution in [1.82, 2.24) is 4.57 Å². The van der Waals surface area contributed by atoms with Gasteiger partial charge in [0.25, 0.3) is 11.6 Å². The minimum absolute atomic E-state index is 0.0184. The molecule has 1 amide bonds. The van der Waals surface area contributed by atoms with Crippen LogP contribution >= 0.6 is 34.3 Å². The number of fused-ring (bicyclic) bond motifs is 1. The average Bonchev–Trinajstić information content (AvgIpc) is 3.09. The third-order valence-corrected chi connectivity index (χ3v) is 5.43. The number of carbonyl (C=O) groups is 1. The summed E-state index contributed by atoms with van der Waals surface area (Å²) in [5.74, 6) is -0.370. The van der Waals surface area contributed by atoms with Gasteiger partial charge in [-0.15, -0.1) is 11.3 Å². The molecule has 118 valence electrons. The number of non-ortho nitro benzene ring substituents is 1. The Bertz CT molecular complexity index is 987. The van der Waals surface area contributed by atoms with E-state index in [2.05, 4.69) is 4.99 Å². The fourth-order valence-corrected chi connectivity index (χ4v) is 4.19. The normalized spacial score (nSPS) is 12.0. The van der Waals surface area contributed by atoms with Crippen LogP contribution in [0.5, 0.6) is 0 Å². The number of nitro benzene ring substituents is 1. The third-order valence-electron chi connectivity index (χ3n) is 3.17. The molecule has 23 heavy (non-hydrogen) atoms. The topological polar surface area (TPSA) is 77.5 Å². The van der Waals surface area contributed by atoms with Crippen LogP contribution in [0.2, 0.25) is 4.34 Å². The van der Waals surface area contributed by atoms with Gasteiger partial charge in [-0.1, -0.05) is 22.9 Å². The van der Waals surface area contributed by atoms with Gasteiger partial charge in [0, 0.05) is 18.7 Å². The van der Waals surface area contributed by atoms with Crippen molar-refractivity contribution in [1.29, 1.82) is 0 Å². The Hall–Kier alpha value is -2.03. The first kappa shape index (κ1) is 15.9. The number of nitro groups is 1. The van der Waals surface area contributed by atoms with E-state index >= 15 is 0 Å². The number of nitrogens with zero attached hydrogens (tertiary/aromatic N) is 3. The van der Waals surface area contributed by atoms with Crippen molar-refractivity contribution in [3.05, 3.63) is 54.5 Å². The number of benzene rings is 1. The summed E-state index contributed by atoms with van der Waals surface area (Å²) in [6, 6.07) is 7.91. The molecule has 0 atom stereocenters. The molecule has 0 aliphatic heterocycles. The molecular weight excluding hydrogens is 358 g/mol. The van der Waals surface area contributed by atoms with Crippen LogP contribution < -0.4 is 4.80 Å². The quantitative estimate of drug-likeness (QED) is 0.516. The Balaban J connectivity index is 2.14. The van der Waals surface area contributed by atoms with E-state index in [-0.39, 0.29) is 11.6 Å². The molecular formula is C14H10ClN3O3S2. The van der Waals surface area contributed by atoms with Crippen LogP contribution in [0.4, 0.5) is 5.69 Å². The van der Waals surface area contributed by atoms with Crippen molar-refractivity contribution >= 4 is 56.1 Å². The van der Waals surface area contributed by atoms with Gasteiger partial charge in [-0.25, -0.2) is 0 Å². The zero-order chi connectivity index (χ0) is 16.6. The summed E-state index contributed by atoms with van der Waals surface area (Å²) in [6.45, 7) is 2.54. The summed E-state index contributed by atoms with van der Waals surface area (Å²) in [7, 11) is 0. The molecule has 0 aliphatic rings. The molecule has 2 aromatic heterocycles. The van der Waals surface area contributed by atoms with E-state index in [1.54, 1.807) is 18.2 Å². The maximum atomic E-state index is 12.2. The second kappa shape index (κ2) is 6.23. The van der Waals surface area contributed by atoms with Crippen LogP contribution in [0, 0.1) is 10.1 Å². The Labute approximate surface area is 143 Å². The highest BCUT2D eigenvalue weighted by Gasteiger charge is 2.13. The molecule has 0 fully saturated rings. The van der Waals surface area contributed by atoms with Crippen molar-refractivity contribution in [3.8, 4) is 0 Å². The predicted molar refractivity (Wildman–Crippen MR) is 91.4 cm³/mol. The number of hydrogen-bond donors (Lipinski definition) is 0. The predicted octanol–water partition coefficient (Wildman–Crippen LogP) is 4.09. The molecule has 0 radical (unpaired) electrons. The number of hydrogen-bond acceptors (Lipinski definition) is 5. The molecule has 9 heteroatoms. The molecule has 0 saturated heterocycles. The number of rotatable bonds is 3. The Kier molecular flexibility index (Phi) is 4.29. The molecule has 2 heterocycles. The van der Waals surface area contributed by atoms with Gasteiger partial charge in [0.2, 0.25) is 0 Å². The molecule has 3 rings (SSSR count). The van der Waals surface area contributed by atoms with Crippen molar-refractivity contribution in [2.24, 2.45) is 4.99 Å². The molecule has 0 spiro atoms. The molecule has 6 nitrogen and oxygen atoms in total. The molecule has 0 unspecified atom stereocenters. The van der Waals surface area contributed by atoms with E-state index in [4.69, 9.17) is 11.6 Å². The lowest BCUT2D eigenvalue weighted by molar-refractivity contribution is -0.384. The van der Waals surface area contributed by atoms with Crippen molar-refractivity contribution in [2.75, 3.05) is 0 Å². The zero-order valence-corrected chi connectivity index (χ0v) is 14.2. The first-order valence-corrected chi connectivity index (χ1v) is 8.63. The van der Waals surface area contributed by atoms with E-state index in [0.717, 1.165) is 10.2 Å². The number of aryl methyl sites for hydroxylation is 1.